The van der Waals surface area contributed by atoms with Crippen molar-refractivity contribution >= 4 is 100 Å². The highest BCUT2D eigenvalue weighted by molar-refractivity contribution is 7.00. The number of nitrogens with zero attached hydrogens (tertiary/aromatic N) is 2. The Hall–Kier alpha value is -11.0. The van der Waals surface area contributed by atoms with Crippen molar-refractivity contribution in [2.75, 3.05) is 9.80 Å². The molecule has 0 saturated heterocycles. The van der Waals surface area contributed by atoms with Gasteiger partial charge in [0.1, 0.15) is 0 Å². The molecule has 0 aromatic heterocycles. The van der Waals surface area contributed by atoms with Crippen molar-refractivity contribution in [2.24, 2.45) is 0 Å². The van der Waals surface area contributed by atoms with Crippen molar-refractivity contribution in [3.05, 3.63) is 321 Å². The van der Waals surface area contributed by atoms with E-state index < -0.39 is 0 Å². The smallest absolute Gasteiger partial charge is 0.252 e. The molecule has 418 valence electrons. The molecule has 89 heavy (non-hydrogen) atoms. The standard InChI is InChI=1S/C86H61BN2/c1-86(2,3)68-54-81-83-82(55-68)89(85-75(66-42-46-71-64(50-66)40-38-60-30-16-18-32-69(60)71)36-21-37-76(85)67-43-47-72-65(51-67)41-39-61-31-17-19-33-70(61)72)80-49-45-63(57-24-10-5-11-25-57)53-78(80)87(83)77-52-62(56-22-8-4-9-23-56)44-48-79(77)88(81)84-73(58-26-12-6-13-27-58)34-20-35-74(84)59-28-14-7-15-29-59/h4-55H,1-3H3. The third-order valence-corrected chi connectivity index (χ3v) is 18.9. The number of hydrogen-bond acceptors (Lipinski definition) is 2. The minimum atomic E-state index is -0.265. The van der Waals surface area contributed by atoms with Crippen LogP contribution in [0.15, 0.2) is 315 Å². The van der Waals surface area contributed by atoms with E-state index in [-0.39, 0.29) is 12.1 Å². The van der Waals surface area contributed by atoms with E-state index in [2.05, 4.69) is 346 Å². The fraction of sp³-hybridized carbons (Fsp3) is 0.0465. The normalized spacial score (nSPS) is 12.6. The molecular formula is C86H61BN2. The third kappa shape index (κ3) is 8.71. The van der Waals surface area contributed by atoms with Gasteiger partial charge >= 0.3 is 0 Å². The van der Waals surface area contributed by atoms with Gasteiger partial charge in [-0.2, -0.15) is 0 Å². The van der Waals surface area contributed by atoms with Crippen LogP contribution >= 0.6 is 0 Å². The maximum atomic E-state index is 2.69. The lowest BCUT2D eigenvalue weighted by Gasteiger charge is -2.46. The van der Waals surface area contributed by atoms with Crippen LogP contribution in [-0.4, -0.2) is 6.71 Å². The quantitative estimate of drug-likeness (QED) is 0.111. The van der Waals surface area contributed by atoms with Gasteiger partial charge in [0, 0.05) is 45.0 Å². The molecule has 0 spiro atoms. The molecule has 0 saturated carbocycles. The highest BCUT2D eigenvalue weighted by Crippen LogP contribution is 2.54. The molecule has 2 aliphatic heterocycles. The third-order valence-electron chi connectivity index (χ3n) is 18.9. The van der Waals surface area contributed by atoms with E-state index in [0.717, 1.165) is 56.1 Å². The second kappa shape index (κ2) is 20.9. The molecule has 2 heterocycles. The first-order valence-electron chi connectivity index (χ1n) is 31.2. The Morgan fingerprint density at radius 1 is 0.247 bits per heavy atom. The second-order valence-corrected chi connectivity index (χ2v) is 25.1. The molecule has 0 bridgehead atoms. The molecule has 0 N–H and O–H groups in total. The number of anilines is 6. The van der Waals surface area contributed by atoms with Crippen LogP contribution in [-0.2, 0) is 5.41 Å². The molecule has 0 fully saturated rings. The highest BCUT2D eigenvalue weighted by Gasteiger charge is 2.46. The maximum Gasteiger partial charge on any atom is 0.252 e. The van der Waals surface area contributed by atoms with Crippen LogP contribution in [0.4, 0.5) is 34.1 Å². The first-order valence-corrected chi connectivity index (χ1v) is 31.2. The molecule has 0 radical (unpaired) electrons. The van der Waals surface area contributed by atoms with Gasteiger partial charge in [-0.15, -0.1) is 0 Å². The second-order valence-electron chi connectivity index (χ2n) is 25.1. The summed E-state index contributed by atoms with van der Waals surface area (Å²) in [4.78, 5) is 5.36. The van der Waals surface area contributed by atoms with Crippen molar-refractivity contribution < 1.29 is 0 Å². The van der Waals surface area contributed by atoms with Gasteiger partial charge in [0.15, 0.2) is 0 Å². The Labute approximate surface area is 521 Å². The summed E-state index contributed by atoms with van der Waals surface area (Å²) in [6.45, 7) is 6.96. The first kappa shape index (κ1) is 52.3. The van der Waals surface area contributed by atoms with Crippen molar-refractivity contribution in [3.8, 4) is 66.8 Å². The highest BCUT2D eigenvalue weighted by atomic mass is 15.2. The summed E-state index contributed by atoms with van der Waals surface area (Å²) < 4.78 is 0. The number of rotatable bonds is 8. The SMILES string of the molecule is CC(C)(C)c1cc2c3c(c1)N(c1c(-c4ccc5c(ccc6ccccc65)c4)cccc1-c1ccc4c(ccc5ccccc54)c1)c1ccc(-c4ccccc4)cc1B3c1cc(-c3ccccc3)ccc1N2c1c(-c2ccccc2)cccc1-c1ccccc1. The largest absolute Gasteiger partial charge is 0.310 e. The monoisotopic (exact) mass is 1130 g/mol. The maximum absolute atomic E-state index is 2.69. The van der Waals surface area contributed by atoms with Gasteiger partial charge < -0.3 is 9.80 Å². The molecule has 0 unspecified atom stereocenters. The lowest BCUT2D eigenvalue weighted by Crippen LogP contribution is -2.61. The van der Waals surface area contributed by atoms with Gasteiger partial charge in [0.2, 0.25) is 0 Å². The average molecular weight is 1130 g/mol. The summed E-state index contributed by atoms with van der Waals surface area (Å²) in [7, 11) is 0. The molecule has 0 atom stereocenters. The lowest BCUT2D eigenvalue weighted by molar-refractivity contribution is 0.590. The van der Waals surface area contributed by atoms with Crippen LogP contribution in [0, 0.1) is 0 Å². The van der Waals surface area contributed by atoms with E-state index in [1.165, 1.54) is 110 Å². The van der Waals surface area contributed by atoms with Gasteiger partial charge in [-0.1, -0.05) is 300 Å². The number of para-hydroxylation sites is 2. The van der Waals surface area contributed by atoms with Crippen molar-refractivity contribution in [2.45, 2.75) is 26.2 Å². The van der Waals surface area contributed by atoms with Crippen LogP contribution in [0.3, 0.4) is 0 Å². The summed E-state index contributed by atoms with van der Waals surface area (Å²) in [5, 5.41) is 9.92. The molecule has 0 amide bonds. The molecule has 0 aliphatic carbocycles. The minimum Gasteiger partial charge on any atom is -0.310 e. The van der Waals surface area contributed by atoms with E-state index >= 15 is 0 Å². The lowest BCUT2D eigenvalue weighted by atomic mass is 9.33. The molecular weight excluding hydrogens is 1070 g/mol. The van der Waals surface area contributed by atoms with Gasteiger partial charge in [-0.25, -0.2) is 0 Å². The van der Waals surface area contributed by atoms with E-state index in [1.807, 2.05) is 0 Å². The predicted octanol–water partition coefficient (Wildman–Crippen LogP) is 21.7. The Bertz CT molecular complexity index is 5100. The van der Waals surface area contributed by atoms with Crippen LogP contribution in [0.5, 0.6) is 0 Å². The van der Waals surface area contributed by atoms with Crippen LogP contribution < -0.4 is 26.2 Å². The summed E-state index contributed by atoms with van der Waals surface area (Å²) in [6, 6.07) is 119. The van der Waals surface area contributed by atoms with Crippen molar-refractivity contribution in [1.82, 2.24) is 0 Å². The summed E-state index contributed by atoms with van der Waals surface area (Å²) in [5.74, 6) is 0. The Balaban J connectivity index is 1.02. The van der Waals surface area contributed by atoms with E-state index in [0.29, 0.717) is 0 Å². The molecule has 2 nitrogen and oxygen atoms in total. The minimum absolute atomic E-state index is 0.179. The number of benzene rings is 15. The average Bonchev–Trinajstić information content (AvgIpc) is 0.756. The molecule has 17 rings (SSSR count). The van der Waals surface area contributed by atoms with E-state index in [4.69, 9.17) is 0 Å². The Morgan fingerprint density at radius 3 is 1.01 bits per heavy atom. The molecule has 15 aromatic carbocycles. The predicted molar refractivity (Wildman–Crippen MR) is 382 cm³/mol. The zero-order valence-corrected chi connectivity index (χ0v) is 50.0. The van der Waals surface area contributed by atoms with Crippen LogP contribution in [0.25, 0.3) is 110 Å². The van der Waals surface area contributed by atoms with Crippen LogP contribution in [0.2, 0.25) is 0 Å². The summed E-state index contributed by atoms with van der Waals surface area (Å²) in [5.41, 5.74) is 25.7. The van der Waals surface area contributed by atoms with Gasteiger partial charge in [-0.3, -0.25) is 0 Å². The van der Waals surface area contributed by atoms with Gasteiger partial charge in [0.05, 0.1) is 11.4 Å². The summed E-state index contributed by atoms with van der Waals surface area (Å²) >= 11 is 0. The number of hydrogen-bond donors (Lipinski definition) is 0. The molecule has 15 aromatic rings. The van der Waals surface area contributed by atoms with E-state index in [9.17, 15) is 0 Å². The zero-order valence-electron chi connectivity index (χ0n) is 50.0. The Morgan fingerprint density at radius 2 is 0.596 bits per heavy atom. The topological polar surface area (TPSA) is 6.48 Å². The number of fused-ring (bicyclic) bond motifs is 10. The van der Waals surface area contributed by atoms with Gasteiger partial charge in [-0.05, 0) is 151 Å². The zero-order chi connectivity index (χ0) is 59.3. The molecule has 2 aliphatic rings. The van der Waals surface area contributed by atoms with Crippen LogP contribution in [0.1, 0.15) is 26.3 Å². The van der Waals surface area contributed by atoms with E-state index in [1.54, 1.807) is 0 Å². The van der Waals surface area contributed by atoms with Crippen molar-refractivity contribution in [1.29, 1.82) is 0 Å². The molecule has 3 heteroatoms. The summed E-state index contributed by atoms with van der Waals surface area (Å²) in [6.07, 6.45) is 0. The van der Waals surface area contributed by atoms with Gasteiger partial charge in [0.25, 0.3) is 6.71 Å². The fourth-order valence-corrected chi connectivity index (χ4v) is 14.6. The fourth-order valence-electron chi connectivity index (χ4n) is 14.6. The Kier molecular flexibility index (Phi) is 12.3. The first-order chi connectivity index (χ1) is 43.8. The van der Waals surface area contributed by atoms with Crippen molar-refractivity contribution in [3.63, 3.8) is 0 Å².